The Morgan fingerprint density at radius 2 is 2.21 bits per heavy atom. The lowest BCUT2D eigenvalue weighted by Crippen LogP contribution is -1.95. The Bertz CT molecular complexity index is 483. The Labute approximate surface area is 93.9 Å². The van der Waals surface area contributed by atoms with Crippen LogP contribution in [0.5, 0.6) is 0 Å². The van der Waals surface area contributed by atoms with Crippen LogP contribution in [0.1, 0.15) is 10.4 Å². The van der Waals surface area contributed by atoms with E-state index in [9.17, 15) is 4.79 Å². The minimum absolute atomic E-state index is 0. The van der Waals surface area contributed by atoms with Gasteiger partial charge >= 0.3 is 5.97 Å². The number of hydrogen-bond donors (Lipinski definition) is 2. The summed E-state index contributed by atoms with van der Waals surface area (Å²) in [6, 6.07) is 3.08. The van der Waals surface area contributed by atoms with Crippen LogP contribution < -0.4 is 0 Å². The molecule has 0 radical (unpaired) electrons. The molecule has 0 aliphatic carbocycles. The van der Waals surface area contributed by atoms with Gasteiger partial charge in [0.25, 0.3) is 0 Å². The average Bonchev–Trinajstić information content (AvgIpc) is 2.51. The number of H-pyrrole nitrogens is 1. The zero-order chi connectivity index (χ0) is 9.42. The molecule has 1 aromatic heterocycles. The lowest BCUT2D eigenvalue weighted by atomic mass is 10.2. The molecule has 0 bridgehead atoms. The molecule has 0 aliphatic rings. The predicted octanol–water partition coefficient (Wildman–Crippen LogP) is 2.45. The molecule has 2 rings (SSSR count). The molecule has 74 valence electrons. The lowest BCUT2D eigenvalue weighted by molar-refractivity contribution is 0.0697. The maximum atomic E-state index is 10.7. The second-order valence-corrected chi connectivity index (χ2v) is 3.42. The highest BCUT2D eigenvalue weighted by molar-refractivity contribution is 9.10. The smallest absolute Gasteiger partial charge is 0.335 e. The van der Waals surface area contributed by atoms with Crippen LogP contribution in [0.25, 0.3) is 11.0 Å². The quantitative estimate of drug-likeness (QED) is 0.841. The van der Waals surface area contributed by atoms with Crippen LogP contribution in [0.15, 0.2) is 22.9 Å². The minimum Gasteiger partial charge on any atom is -0.478 e. The van der Waals surface area contributed by atoms with E-state index in [1.54, 1.807) is 6.07 Å². The van der Waals surface area contributed by atoms with Crippen molar-refractivity contribution in [3.05, 3.63) is 28.5 Å². The molecule has 6 heteroatoms. The van der Waals surface area contributed by atoms with E-state index >= 15 is 0 Å². The van der Waals surface area contributed by atoms with Gasteiger partial charge in [0, 0.05) is 4.47 Å². The Morgan fingerprint density at radius 1 is 1.50 bits per heavy atom. The zero-order valence-corrected chi connectivity index (χ0v) is 9.22. The average molecular weight is 278 g/mol. The van der Waals surface area contributed by atoms with E-state index in [1.165, 1.54) is 12.4 Å². The largest absolute Gasteiger partial charge is 0.478 e. The molecule has 1 aromatic carbocycles. The highest BCUT2D eigenvalue weighted by Gasteiger charge is 2.08. The standard InChI is InChI=1S/C8H5BrN2O2.ClH/c9-5-1-4(8(12)13)2-6-7(5)11-3-10-6;/h1-3H,(H,10,11)(H,12,13);1H. The second kappa shape index (κ2) is 3.98. The molecule has 0 fully saturated rings. The molecule has 0 unspecified atom stereocenters. The van der Waals surface area contributed by atoms with E-state index in [2.05, 4.69) is 25.9 Å². The van der Waals surface area contributed by atoms with Crippen molar-refractivity contribution in [2.24, 2.45) is 0 Å². The number of hydrogen-bond acceptors (Lipinski definition) is 2. The fraction of sp³-hybridized carbons (Fsp3) is 0. The first-order valence-electron chi connectivity index (χ1n) is 3.54. The summed E-state index contributed by atoms with van der Waals surface area (Å²) in [6.45, 7) is 0. The number of carboxylic acid groups (broad SMARTS) is 1. The summed E-state index contributed by atoms with van der Waals surface area (Å²) >= 11 is 3.25. The Morgan fingerprint density at radius 3 is 2.86 bits per heavy atom. The Kier molecular flexibility index (Phi) is 3.13. The lowest BCUT2D eigenvalue weighted by Gasteiger charge is -1.96. The maximum absolute atomic E-state index is 10.7. The van der Waals surface area contributed by atoms with E-state index < -0.39 is 5.97 Å². The van der Waals surface area contributed by atoms with Crippen LogP contribution >= 0.6 is 28.3 Å². The van der Waals surface area contributed by atoms with Crippen molar-refractivity contribution >= 4 is 45.3 Å². The first kappa shape index (κ1) is 11.0. The Hall–Kier alpha value is -1.07. The van der Waals surface area contributed by atoms with Crippen molar-refractivity contribution in [2.45, 2.75) is 0 Å². The summed E-state index contributed by atoms with van der Waals surface area (Å²) < 4.78 is 0.684. The number of carbonyl (C=O) groups is 1. The number of nitrogens with one attached hydrogen (secondary N) is 1. The number of imidazole rings is 1. The maximum Gasteiger partial charge on any atom is 0.335 e. The highest BCUT2D eigenvalue weighted by atomic mass is 79.9. The number of halogens is 2. The molecule has 4 nitrogen and oxygen atoms in total. The van der Waals surface area contributed by atoms with E-state index in [-0.39, 0.29) is 18.0 Å². The monoisotopic (exact) mass is 276 g/mol. The van der Waals surface area contributed by atoms with Crippen LogP contribution in [0.2, 0.25) is 0 Å². The van der Waals surface area contributed by atoms with Crippen LogP contribution in [-0.2, 0) is 0 Å². The summed E-state index contributed by atoms with van der Waals surface area (Å²) in [5.41, 5.74) is 1.69. The third-order valence-electron chi connectivity index (χ3n) is 1.72. The van der Waals surface area contributed by atoms with Gasteiger partial charge in [-0.1, -0.05) is 0 Å². The summed E-state index contributed by atoms with van der Waals surface area (Å²) in [7, 11) is 0. The first-order valence-corrected chi connectivity index (χ1v) is 4.33. The van der Waals surface area contributed by atoms with E-state index in [4.69, 9.17) is 5.11 Å². The molecule has 0 amide bonds. The highest BCUT2D eigenvalue weighted by Crippen LogP contribution is 2.22. The van der Waals surface area contributed by atoms with Crippen LogP contribution in [0, 0.1) is 0 Å². The molecule has 0 spiro atoms. The van der Waals surface area contributed by atoms with Crippen molar-refractivity contribution in [1.29, 1.82) is 0 Å². The molecule has 0 saturated heterocycles. The SMILES string of the molecule is Cl.O=C(O)c1cc(Br)c2nc[nH]c2c1. The van der Waals surface area contributed by atoms with Gasteiger partial charge in [0.1, 0.15) is 5.52 Å². The molecule has 2 aromatic rings. The number of aromatic amines is 1. The van der Waals surface area contributed by atoms with Crippen molar-refractivity contribution in [2.75, 3.05) is 0 Å². The number of aromatic carboxylic acids is 1. The number of carboxylic acids is 1. The fourth-order valence-electron chi connectivity index (χ4n) is 1.13. The van der Waals surface area contributed by atoms with Gasteiger partial charge in [0.05, 0.1) is 17.4 Å². The first-order chi connectivity index (χ1) is 6.18. The molecule has 0 saturated carbocycles. The molecule has 2 N–H and O–H groups in total. The molecule has 14 heavy (non-hydrogen) atoms. The summed E-state index contributed by atoms with van der Waals surface area (Å²) in [5, 5.41) is 8.75. The van der Waals surface area contributed by atoms with Gasteiger partial charge in [0.2, 0.25) is 0 Å². The fourth-order valence-corrected chi connectivity index (χ4v) is 1.69. The van der Waals surface area contributed by atoms with Crippen molar-refractivity contribution in [1.82, 2.24) is 9.97 Å². The van der Waals surface area contributed by atoms with Crippen LogP contribution in [0.4, 0.5) is 0 Å². The Balaban J connectivity index is 0.000000980. The molecular weight excluding hydrogens is 271 g/mol. The van der Waals surface area contributed by atoms with Crippen molar-refractivity contribution in [3.8, 4) is 0 Å². The summed E-state index contributed by atoms with van der Waals surface area (Å²) in [6.07, 6.45) is 1.53. The van der Waals surface area contributed by atoms with Crippen molar-refractivity contribution < 1.29 is 9.90 Å². The van der Waals surface area contributed by atoms with Crippen LogP contribution in [-0.4, -0.2) is 21.0 Å². The normalized spacial score (nSPS) is 9.79. The van der Waals surface area contributed by atoms with Gasteiger partial charge < -0.3 is 10.1 Å². The van der Waals surface area contributed by atoms with Crippen molar-refractivity contribution in [3.63, 3.8) is 0 Å². The second-order valence-electron chi connectivity index (χ2n) is 2.56. The number of rotatable bonds is 1. The third kappa shape index (κ3) is 1.73. The minimum atomic E-state index is -0.947. The van der Waals surface area contributed by atoms with Gasteiger partial charge in [-0.2, -0.15) is 0 Å². The van der Waals surface area contributed by atoms with Gasteiger partial charge in [-0.3, -0.25) is 0 Å². The predicted molar refractivity (Wildman–Crippen MR) is 58.0 cm³/mol. The summed E-state index contributed by atoms with van der Waals surface area (Å²) in [5.74, 6) is -0.947. The number of aromatic nitrogens is 2. The summed E-state index contributed by atoms with van der Waals surface area (Å²) in [4.78, 5) is 17.5. The molecular formula is C8H6BrClN2O2. The van der Waals surface area contributed by atoms with E-state index in [0.717, 1.165) is 5.52 Å². The molecule has 0 aliphatic heterocycles. The van der Waals surface area contributed by atoms with Crippen LogP contribution in [0.3, 0.4) is 0 Å². The number of benzene rings is 1. The van der Waals surface area contributed by atoms with E-state index in [0.29, 0.717) is 9.99 Å². The third-order valence-corrected chi connectivity index (χ3v) is 2.33. The van der Waals surface area contributed by atoms with Gasteiger partial charge in [-0.25, -0.2) is 9.78 Å². The number of fused-ring (bicyclic) bond motifs is 1. The molecule has 0 atom stereocenters. The van der Waals surface area contributed by atoms with E-state index in [1.807, 2.05) is 0 Å². The van der Waals surface area contributed by atoms with Gasteiger partial charge in [-0.05, 0) is 28.1 Å². The van der Waals surface area contributed by atoms with Gasteiger partial charge in [0.15, 0.2) is 0 Å². The topological polar surface area (TPSA) is 66.0 Å². The number of nitrogens with zero attached hydrogens (tertiary/aromatic N) is 1. The van der Waals surface area contributed by atoms with Gasteiger partial charge in [-0.15, -0.1) is 12.4 Å². The zero-order valence-electron chi connectivity index (χ0n) is 6.82. The molecule has 1 heterocycles.